The molecule has 0 aromatic carbocycles. The molecule has 0 radical (unpaired) electrons. The highest BCUT2D eigenvalue weighted by atomic mass is 32.1. The largest absolute Gasteiger partial charge is 0.463 e. The van der Waals surface area contributed by atoms with Gasteiger partial charge in [0, 0.05) is 22.6 Å². The number of hydrogen-bond acceptors (Lipinski definition) is 6. The zero-order valence-corrected chi connectivity index (χ0v) is 20.9. The van der Waals surface area contributed by atoms with Crippen molar-refractivity contribution < 1.29 is 19.7 Å². The summed E-state index contributed by atoms with van der Waals surface area (Å²) in [4.78, 5) is 12.2. The highest BCUT2D eigenvalue weighted by Crippen LogP contribution is 2.49. The minimum atomic E-state index is -0.269. The number of thiophene rings is 1. The van der Waals surface area contributed by atoms with Gasteiger partial charge in [-0.15, -0.1) is 11.3 Å². The number of esters is 1. The van der Waals surface area contributed by atoms with Gasteiger partial charge in [-0.05, 0) is 62.3 Å². The molecule has 2 N–H and O–H groups in total. The van der Waals surface area contributed by atoms with Crippen LogP contribution in [0.25, 0.3) is 0 Å². The van der Waals surface area contributed by atoms with E-state index in [0.717, 1.165) is 51.4 Å². The Morgan fingerprint density at radius 2 is 2.18 bits per heavy atom. The molecule has 2 aliphatic carbocycles. The van der Waals surface area contributed by atoms with Crippen LogP contribution in [0.4, 0.5) is 0 Å². The molecule has 1 unspecified atom stereocenters. The topological polar surface area (TPSA) is 90.5 Å². The van der Waals surface area contributed by atoms with E-state index in [2.05, 4.69) is 47.4 Å². The number of aliphatic hydroxyl groups excluding tert-OH is 2. The van der Waals surface area contributed by atoms with Gasteiger partial charge in [-0.25, -0.2) is 0 Å². The summed E-state index contributed by atoms with van der Waals surface area (Å²) in [6.07, 6.45) is 16.3. The van der Waals surface area contributed by atoms with Crippen LogP contribution in [0.3, 0.4) is 0 Å². The number of ether oxygens (including phenoxy) is 1. The summed E-state index contributed by atoms with van der Waals surface area (Å²) < 4.78 is 4.68. The number of aliphatic hydroxyl groups is 2. The lowest BCUT2D eigenvalue weighted by atomic mass is 9.63. The number of nitriles is 1. The minimum Gasteiger partial charge on any atom is -0.463 e. The van der Waals surface area contributed by atoms with Crippen molar-refractivity contribution in [1.82, 2.24) is 0 Å². The second kappa shape index (κ2) is 15.3. The number of allylic oxidation sites excluding steroid dienone is 1. The average molecular weight is 476 g/mol. The van der Waals surface area contributed by atoms with Gasteiger partial charge in [0.25, 0.3) is 0 Å². The lowest BCUT2D eigenvalue weighted by Crippen LogP contribution is -2.44. The highest BCUT2D eigenvalue weighted by Gasteiger charge is 2.45. The van der Waals surface area contributed by atoms with Crippen molar-refractivity contribution in [1.29, 1.82) is 5.26 Å². The Labute approximate surface area is 203 Å². The molecule has 33 heavy (non-hydrogen) atoms. The van der Waals surface area contributed by atoms with E-state index in [9.17, 15) is 9.90 Å². The lowest BCUT2D eigenvalue weighted by Gasteiger charge is -2.44. The summed E-state index contributed by atoms with van der Waals surface area (Å²) in [6, 6.07) is 6.63. The molecule has 3 atom stereocenters. The molecule has 0 spiro atoms. The first-order chi connectivity index (χ1) is 16.1. The van der Waals surface area contributed by atoms with Crippen LogP contribution in [0.1, 0.15) is 88.9 Å². The summed E-state index contributed by atoms with van der Waals surface area (Å²) >= 11 is 1.78. The quantitative estimate of drug-likeness (QED) is 0.223. The Balaban J connectivity index is 0.000000277. The molecule has 184 valence electrons. The predicted molar refractivity (Wildman–Crippen MR) is 133 cm³/mol. The maximum atomic E-state index is 10.8. The monoisotopic (exact) mass is 475 g/mol. The third-order valence-electron chi connectivity index (χ3n) is 6.91. The van der Waals surface area contributed by atoms with E-state index in [1.54, 1.807) is 11.3 Å². The summed E-state index contributed by atoms with van der Waals surface area (Å²) in [5, 5.41) is 30.1. The molecule has 5 nitrogen and oxygen atoms in total. The van der Waals surface area contributed by atoms with Crippen molar-refractivity contribution in [2.24, 2.45) is 11.8 Å². The van der Waals surface area contributed by atoms with Crippen molar-refractivity contribution in [2.45, 2.75) is 95.5 Å². The molecule has 2 aliphatic rings. The third kappa shape index (κ3) is 8.88. The van der Waals surface area contributed by atoms with Crippen molar-refractivity contribution in [3.63, 3.8) is 0 Å². The normalized spacial score (nSPS) is 22.1. The summed E-state index contributed by atoms with van der Waals surface area (Å²) in [7, 11) is 0. The SMILES string of the molecule is CCCCCCC(=O)OCCO.N#C[C@@H]1CC[C@H](/C=C/CC(O)C2(c3cccs3)CCC2)C1. The van der Waals surface area contributed by atoms with Crippen LogP contribution in [-0.4, -0.2) is 35.5 Å². The number of nitrogens with zero attached hydrogens (tertiary/aromatic N) is 1. The maximum absolute atomic E-state index is 10.8. The van der Waals surface area contributed by atoms with Crippen molar-refractivity contribution in [3.8, 4) is 6.07 Å². The molecule has 0 amide bonds. The van der Waals surface area contributed by atoms with E-state index in [4.69, 9.17) is 10.4 Å². The number of carbonyl (C=O) groups is 1. The summed E-state index contributed by atoms with van der Waals surface area (Å²) in [6.45, 7) is 2.18. The van der Waals surface area contributed by atoms with Gasteiger partial charge in [-0.1, -0.05) is 50.8 Å². The molecular weight excluding hydrogens is 434 g/mol. The Bertz CT molecular complexity index is 736. The molecule has 1 aromatic heterocycles. The fraction of sp³-hybridized carbons (Fsp3) is 0.704. The third-order valence-corrected chi connectivity index (χ3v) is 8.00. The zero-order chi connectivity index (χ0) is 23.9. The Morgan fingerprint density at radius 3 is 2.76 bits per heavy atom. The average Bonchev–Trinajstić information content (AvgIpc) is 3.48. The van der Waals surface area contributed by atoms with E-state index in [1.807, 2.05) is 0 Å². The van der Waals surface area contributed by atoms with E-state index in [1.165, 1.54) is 24.1 Å². The lowest BCUT2D eigenvalue weighted by molar-refractivity contribution is -0.144. The Hall–Kier alpha value is -1.68. The Morgan fingerprint density at radius 1 is 1.36 bits per heavy atom. The van der Waals surface area contributed by atoms with E-state index < -0.39 is 0 Å². The first kappa shape index (κ1) is 27.6. The number of hydrogen-bond donors (Lipinski definition) is 2. The van der Waals surface area contributed by atoms with E-state index in [-0.39, 0.29) is 36.6 Å². The second-order valence-electron chi connectivity index (χ2n) is 9.32. The zero-order valence-electron chi connectivity index (χ0n) is 20.1. The smallest absolute Gasteiger partial charge is 0.305 e. The Kier molecular flexibility index (Phi) is 12.8. The minimum absolute atomic E-state index is 0.0172. The first-order valence-corrected chi connectivity index (χ1v) is 13.5. The van der Waals surface area contributed by atoms with Crippen LogP contribution < -0.4 is 0 Å². The van der Waals surface area contributed by atoms with Crippen LogP contribution in [0.15, 0.2) is 29.7 Å². The van der Waals surface area contributed by atoms with Crippen LogP contribution >= 0.6 is 11.3 Å². The van der Waals surface area contributed by atoms with E-state index in [0.29, 0.717) is 12.3 Å². The molecule has 3 rings (SSSR count). The molecular formula is C27H41NO4S. The molecule has 1 aromatic rings. The standard InChI is InChI=1S/C18H23NOS.C9H18O3/c19-13-15-8-7-14(12-15)4-1-5-16(20)18(9-3-10-18)17-6-2-11-21-17;1-2-3-4-5-6-9(11)12-8-7-10/h1-2,4,6,11,14-16,20H,3,5,7-10,12H2;10H,2-8H2,1H3/b4-1+;/t14-,15+,16?;/m0./s1. The van der Waals surface area contributed by atoms with Gasteiger partial charge >= 0.3 is 5.97 Å². The first-order valence-electron chi connectivity index (χ1n) is 12.6. The van der Waals surface area contributed by atoms with E-state index >= 15 is 0 Å². The molecule has 0 bridgehead atoms. The van der Waals surface area contributed by atoms with Crippen molar-refractivity contribution >= 4 is 17.3 Å². The predicted octanol–water partition coefficient (Wildman–Crippen LogP) is 5.91. The van der Waals surface area contributed by atoms with Gasteiger partial charge in [0.1, 0.15) is 6.61 Å². The van der Waals surface area contributed by atoms with Crippen molar-refractivity contribution in [3.05, 3.63) is 34.5 Å². The van der Waals surface area contributed by atoms with Crippen LogP contribution in [0.2, 0.25) is 0 Å². The van der Waals surface area contributed by atoms with Crippen LogP contribution in [0.5, 0.6) is 0 Å². The van der Waals surface area contributed by atoms with Gasteiger partial charge in [-0.3, -0.25) is 4.79 Å². The molecule has 2 saturated carbocycles. The fourth-order valence-corrected chi connectivity index (χ4v) is 5.76. The molecule has 1 heterocycles. The maximum Gasteiger partial charge on any atom is 0.305 e. The fourth-order valence-electron chi connectivity index (χ4n) is 4.73. The number of carbonyl (C=O) groups excluding carboxylic acids is 1. The van der Waals surface area contributed by atoms with Crippen LogP contribution in [0, 0.1) is 23.2 Å². The summed E-state index contributed by atoms with van der Waals surface area (Å²) in [5.74, 6) is 0.592. The molecule has 0 aliphatic heterocycles. The van der Waals surface area contributed by atoms with Gasteiger partial charge < -0.3 is 14.9 Å². The molecule has 0 saturated heterocycles. The molecule has 2 fully saturated rings. The van der Waals surface area contributed by atoms with Gasteiger partial charge in [0.05, 0.1) is 18.8 Å². The number of unbranched alkanes of at least 4 members (excludes halogenated alkanes) is 3. The summed E-state index contributed by atoms with van der Waals surface area (Å²) in [5.41, 5.74) is 0.0172. The van der Waals surface area contributed by atoms with Crippen molar-refractivity contribution in [2.75, 3.05) is 13.2 Å². The van der Waals surface area contributed by atoms with Gasteiger partial charge in [0.15, 0.2) is 0 Å². The van der Waals surface area contributed by atoms with Gasteiger partial charge in [-0.2, -0.15) is 5.26 Å². The highest BCUT2D eigenvalue weighted by molar-refractivity contribution is 7.10. The second-order valence-corrected chi connectivity index (χ2v) is 10.3. The van der Waals surface area contributed by atoms with Crippen LogP contribution in [-0.2, 0) is 14.9 Å². The van der Waals surface area contributed by atoms with Gasteiger partial charge in [0.2, 0.25) is 0 Å². The molecule has 6 heteroatoms. The number of rotatable bonds is 12.